The van der Waals surface area contributed by atoms with Gasteiger partial charge >= 0.3 is 0 Å². The van der Waals surface area contributed by atoms with Crippen molar-refractivity contribution in [2.24, 2.45) is 0 Å². The molecule has 1 fully saturated rings. The van der Waals surface area contributed by atoms with E-state index in [4.69, 9.17) is 0 Å². The Bertz CT molecular complexity index is 387. The maximum Gasteiger partial charge on any atom is 0.0313 e. The monoisotopic (exact) mass is 233 g/mol. The molecule has 3 heteroatoms. The van der Waals surface area contributed by atoms with E-state index < -0.39 is 0 Å². The van der Waals surface area contributed by atoms with Crippen molar-refractivity contribution in [2.45, 2.75) is 45.8 Å². The minimum Gasteiger partial charge on any atom is -0.309 e. The van der Waals surface area contributed by atoms with Gasteiger partial charge in [-0.05, 0) is 38.8 Å². The van der Waals surface area contributed by atoms with E-state index in [9.17, 15) is 0 Å². The molecule has 0 radical (unpaired) electrons. The first-order valence-electron chi connectivity index (χ1n) is 6.36. The van der Waals surface area contributed by atoms with Gasteiger partial charge in [-0.25, -0.2) is 0 Å². The predicted molar refractivity (Wildman–Crippen MR) is 70.9 cm³/mol. The van der Waals surface area contributed by atoms with Crippen molar-refractivity contribution in [2.75, 3.05) is 13.1 Å². The highest BCUT2D eigenvalue weighted by Gasteiger charge is 2.29. The maximum atomic E-state index is 4.27. The molecule has 3 nitrogen and oxygen atoms in total. The van der Waals surface area contributed by atoms with Gasteiger partial charge in [-0.15, -0.1) is 0 Å². The Morgan fingerprint density at radius 1 is 1.47 bits per heavy atom. The summed E-state index contributed by atoms with van der Waals surface area (Å²) in [5.74, 6) is 0. The van der Waals surface area contributed by atoms with E-state index in [0.29, 0.717) is 6.04 Å². The molecule has 1 atom stereocenters. The van der Waals surface area contributed by atoms with Gasteiger partial charge in [0.2, 0.25) is 0 Å². The average Bonchev–Trinajstić information content (AvgIpc) is 2.23. The zero-order chi connectivity index (χ0) is 12.5. The number of nitrogens with one attached hydrogen (secondary N) is 1. The molecule has 1 aliphatic heterocycles. The van der Waals surface area contributed by atoms with Crippen LogP contribution in [0.3, 0.4) is 0 Å². The lowest BCUT2D eigenvalue weighted by Crippen LogP contribution is -2.60. The lowest BCUT2D eigenvalue weighted by molar-refractivity contribution is 0.0976. The van der Waals surface area contributed by atoms with Crippen molar-refractivity contribution in [1.82, 2.24) is 15.2 Å². The van der Waals surface area contributed by atoms with Gasteiger partial charge in [0.05, 0.1) is 0 Å². The van der Waals surface area contributed by atoms with Gasteiger partial charge in [0.15, 0.2) is 0 Å². The second-order valence-electron chi connectivity index (χ2n) is 5.89. The van der Waals surface area contributed by atoms with Crippen LogP contribution in [0.15, 0.2) is 18.5 Å². The van der Waals surface area contributed by atoms with Crippen LogP contribution in [0.5, 0.6) is 0 Å². The fraction of sp³-hybridized carbons (Fsp3) is 0.643. The molecule has 17 heavy (non-hydrogen) atoms. The van der Waals surface area contributed by atoms with Crippen LogP contribution in [-0.2, 0) is 6.54 Å². The Morgan fingerprint density at radius 2 is 2.24 bits per heavy atom. The topological polar surface area (TPSA) is 28.2 Å². The maximum absolute atomic E-state index is 4.27. The zero-order valence-corrected chi connectivity index (χ0v) is 11.3. The van der Waals surface area contributed by atoms with Gasteiger partial charge in [0.1, 0.15) is 0 Å². The summed E-state index contributed by atoms with van der Waals surface area (Å²) in [6.45, 7) is 12.1. The SMILES string of the molecule is Cc1cncc(CN2CC(C)(C)NCC2C)c1. The van der Waals surface area contributed by atoms with Crippen molar-refractivity contribution in [3.8, 4) is 0 Å². The first-order valence-corrected chi connectivity index (χ1v) is 6.36. The van der Waals surface area contributed by atoms with Crippen LogP contribution in [-0.4, -0.2) is 34.6 Å². The molecule has 0 spiro atoms. The highest BCUT2D eigenvalue weighted by molar-refractivity contribution is 5.16. The third-order valence-corrected chi connectivity index (χ3v) is 3.42. The molecule has 0 saturated carbocycles. The summed E-state index contributed by atoms with van der Waals surface area (Å²) in [7, 11) is 0. The first-order chi connectivity index (χ1) is 7.96. The molecule has 1 aliphatic rings. The van der Waals surface area contributed by atoms with Crippen LogP contribution in [0.25, 0.3) is 0 Å². The molecule has 0 aromatic carbocycles. The standard InChI is InChI=1S/C14H23N3/c1-11-5-13(8-15-6-11)9-17-10-14(3,4)16-7-12(17)2/h5-6,8,12,16H,7,9-10H2,1-4H3. The molecule has 2 rings (SSSR count). The van der Waals surface area contributed by atoms with Crippen molar-refractivity contribution in [3.63, 3.8) is 0 Å². The Balaban J connectivity index is 2.06. The van der Waals surface area contributed by atoms with Gasteiger partial charge in [-0.2, -0.15) is 0 Å². The third-order valence-electron chi connectivity index (χ3n) is 3.42. The van der Waals surface area contributed by atoms with Crippen LogP contribution < -0.4 is 5.32 Å². The summed E-state index contributed by atoms with van der Waals surface area (Å²) < 4.78 is 0. The first kappa shape index (κ1) is 12.5. The lowest BCUT2D eigenvalue weighted by atomic mass is 9.98. The second-order valence-corrected chi connectivity index (χ2v) is 5.89. The Hall–Kier alpha value is -0.930. The molecule has 2 heterocycles. The van der Waals surface area contributed by atoms with E-state index in [2.05, 4.69) is 49.0 Å². The summed E-state index contributed by atoms with van der Waals surface area (Å²) in [4.78, 5) is 6.80. The summed E-state index contributed by atoms with van der Waals surface area (Å²) in [6, 6.07) is 2.82. The fourth-order valence-corrected chi connectivity index (χ4v) is 2.42. The van der Waals surface area contributed by atoms with Crippen LogP contribution in [0.2, 0.25) is 0 Å². The van der Waals surface area contributed by atoms with Gasteiger partial charge in [0.25, 0.3) is 0 Å². The zero-order valence-electron chi connectivity index (χ0n) is 11.3. The van der Waals surface area contributed by atoms with E-state index >= 15 is 0 Å². The molecule has 0 aliphatic carbocycles. The van der Waals surface area contributed by atoms with Crippen LogP contribution in [0.4, 0.5) is 0 Å². The van der Waals surface area contributed by atoms with Gasteiger partial charge in [-0.3, -0.25) is 9.88 Å². The summed E-state index contributed by atoms with van der Waals surface area (Å²) in [5.41, 5.74) is 2.77. The lowest BCUT2D eigenvalue weighted by Gasteiger charge is -2.43. The Labute approximate surface area is 104 Å². The number of aryl methyl sites for hydroxylation is 1. The number of pyridine rings is 1. The van der Waals surface area contributed by atoms with Gasteiger partial charge in [0, 0.05) is 43.6 Å². The largest absolute Gasteiger partial charge is 0.309 e. The molecular weight excluding hydrogens is 210 g/mol. The molecular formula is C14H23N3. The highest BCUT2D eigenvalue weighted by Crippen LogP contribution is 2.17. The summed E-state index contributed by atoms with van der Waals surface area (Å²) >= 11 is 0. The molecule has 0 bridgehead atoms. The number of hydrogen-bond acceptors (Lipinski definition) is 3. The number of nitrogens with zero attached hydrogens (tertiary/aromatic N) is 2. The highest BCUT2D eigenvalue weighted by atomic mass is 15.2. The van der Waals surface area contributed by atoms with Crippen LogP contribution in [0.1, 0.15) is 31.9 Å². The van der Waals surface area contributed by atoms with E-state index in [-0.39, 0.29) is 5.54 Å². The third kappa shape index (κ3) is 3.27. The van der Waals surface area contributed by atoms with E-state index in [1.54, 1.807) is 0 Å². The smallest absolute Gasteiger partial charge is 0.0313 e. The van der Waals surface area contributed by atoms with Crippen molar-refractivity contribution in [3.05, 3.63) is 29.6 Å². The van der Waals surface area contributed by atoms with Gasteiger partial charge in [-0.1, -0.05) is 6.07 Å². The van der Waals surface area contributed by atoms with E-state index in [1.807, 2.05) is 12.4 Å². The molecule has 1 saturated heterocycles. The number of piperazine rings is 1. The number of rotatable bonds is 2. The number of hydrogen-bond donors (Lipinski definition) is 1. The van der Waals surface area contributed by atoms with E-state index in [0.717, 1.165) is 19.6 Å². The Kier molecular flexibility index (Phi) is 3.50. The number of aromatic nitrogens is 1. The minimum atomic E-state index is 0.212. The van der Waals surface area contributed by atoms with E-state index in [1.165, 1.54) is 11.1 Å². The van der Waals surface area contributed by atoms with Crippen LogP contribution >= 0.6 is 0 Å². The summed E-state index contributed by atoms with van der Waals surface area (Å²) in [5, 5.41) is 3.58. The summed E-state index contributed by atoms with van der Waals surface area (Å²) in [6.07, 6.45) is 3.89. The fourth-order valence-electron chi connectivity index (χ4n) is 2.42. The molecule has 1 aromatic rings. The van der Waals surface area contributed by atoms with Gasteiger partial charge < -0.3 is 5.32 Å². The molecule has 1 N–H and O–H groups in total. The average molecular weight is 233 g/mol. The molecule has 0 amide bonds. The van der Waals surface area contributed by atoms with Crippen molar-refractivity contribution >= 4 is 0 Å². The molecule has 1 unspecified atom stereocenters. The quantitative estimate of drug-likeness (QED) is 0.846. The van der Waals surface area contributed by atoms with Crippen molar-refractivity contribution < 1.29 is 0 Å². The Morgan fingerprint density at radius 3 is 2.94 bits per heavy atom. The second kappa shape index (κ2) is 4.75. The normalized spacial score (nSPS) is 24.8. The molecule has 94 valence electrons. The predicted octanol–water partition coefficient (Wildman–Crippen LogP) is 1.96. The van der Waals surface area contributed by atoms with Crippen LogP contribution in [0, 0.1) is 6.92 Å². The minimum absolute atomic E-state index is 0.212. The van der Waals surface area contributed by atoms with Crippen molar-refractivity contribution in [1.29, 1.82) is 0 Å². The molecule has 1 aromatic heterocycles.